The van der Waals surface area contributed by atoms with Gasteiger partial charge in [-0.3, -0.25) is 32.5 Å². The van der Waals surface area contributed by atoms with Gasteiger partial charge in [-0.1, -0.05) is 337 Å². The fourth-order valence-electron chi connectivity index (χ4n) is 10.5. The van der Waals surface area contributed by atoms with Gasteiger partial charge in [-0.05, 0) is 141 Å². The number of aliphatic hydroxyl groups is 2. The van der Waals surface area contributed by atoms with E-state index in [1.165, 1.54) is 128 Å². The van der Waals surface area contributed by atoms with Crippen LogP contribution in [0.3, 0.4) is 0 Å². The van der Waals surface area contributed by atoms with Gasteiger partial charge < -0.3 is 34.2 Å². The second kappa shape index (κ2) is 81.9. The Balaban J connectivity index is 4.56. The Morgan fingerprint density at radius 3 is 0.826 bits per heavy atom. The summed E-state index contributed by atoms with van der Waals surface area (Å²) in [5.74, 6) is -1.78. The zero-order chi connectivity index (χ0) is 79.4. The van der Waals surface area contributed by atoms with E-state index in [9.17, 15) is 43.5 Å². The zero-order valence-electron chi connectivity index (χ0n) is 67.6. The lowest BCUT2D eigenvalue weighted by atomic mass is 10.0. The minimum absolute atomic E-state index is 0.0216. The van der Waals surface area contributed by atoms with E-state index in [1.807, 2.05) is 36.5 Å². The number of carbonyl (C=O) groups is 3. The highest BCUT2D eigenvalue weighted by Gasteiger charge is 2.29. The summed E-state index contributed by atoms with van der Waals surface area (Å²) < 4.78 is 61.0. The van der Waals surface area contributed by atoms with Gasteiger partial charge in [0.15, 0.2) is 6.10 Å². The predicted octanol–water partition coefficient (Wildman–Crippen LogP) is 25.1. The molecule has 0 aliphatic rings. The summed E-state index contributed by atoms with van der Waals surface area (Å²) in [6, 6.07) is 0. The average molecular weight is 1560 g/mol. The summed E-state index contributed by atoms with van der Waals surface area (Å²) in [7, 11) is -9.85. The van der Waals surface area contributed by atoms with Gasteiger partial charge in [0, 0.05) is 19.3 Å². The molecule has 0 radical (unpaired) electrons. The van der Waals surface area contributed by atoms with E-state index in [-0.39, 0.29) is 19.3 Å². The maximum absolute atomic E-state index is 12.9. The number of phosphoric acid groups is 2. The van der Waals surface area contributed by atoms with E-state index in [1.54, 1.807) is 0 Å². The molecule has 0 aromatic rings. The largest absolute Gasteiger partial charge is 0.472 e. The summed E-state index contributed by atoms with van der Waals surface area (Å²) in [5, 5.41) is 20.7. The number of esters is 3. The number of rotatable bonds is 77. The van der Waals surface area contributed by atoms with Gasteiger partial charge in [0.2, 0.25) is 0 Å². The Morgan fingerprint density at radius 1 is 0.266 bits per heavy atom. The molecule has 618 valence electrons. The smallest absolute Gasteiger partial charge is 0.463 e. The number of unbranched alkanes of at least 4 members (excludes halogenated alkanes) is 22. The maximum Gasteiger partial charge on any atom is 0.472 e. The first-order valence-corrected chi connectivity index (χ1v) is 44.7. The fourth-order valence-corrected chi connectivity index (χ4v) is 12.1. The highest BCUT2D eigenvalue weighted by atomic mass is 31.2. The molecule has 0 aliphatic carbocycles. The van der Waals surface area contributed by atoms with E-state index in [4.69, 9.17) is 32.3 Å². The monoisotopic (exact) mass is 1560 g/mol. The minimum Gasteiger partial charge on any atom is -0.463 e. The molecular weight excluding hydrogens is 1410 g/mol. The molecule has 0 saturated heterocycles. The van der Waals surface area contributed by atoms with E-state index < -0.39 is 91.5 Å². The van der Waals surface area contributed by atoms with Crippen molar-refractivity contribution in [3.05, 3.63) is 194 Å². The van der Waals surface area contributed by atoms with Gasteiger partial charge in [0.25, 0.3) is 0 Å². The van der Waals surface area contributed by atoms with Crippen LogP contribution in [0.15, 0.2) is 194 Å². The predicted molar refractivity (Wildman–Crippen MR) is 454 cm³/mol. The first-order chi connectivity index (χ1) is 53.2. The lowest BCUT2D eigenvalue weighted by Crippen LogP contribution is -2.29. The van der Waals surface area contributed by atoms with Crippen LogP contribution in [0.4, 0.5) is 0 Å². The highest BCUT2D eigenvalue weighted by molar-refractivity contribution is 7.47. The van der Waals surface area contributed by atoms with Gasteiger partial charge in [-0.2, -0.15) is 0 Å². The zero-order valence-corrected chi connectivity index (χ0v) is 69.4. The van der Waals surface area contributed by atoms with Crippen molar-refractivity contribution >= 4 is 33.6 Å². The van der Waals surface area contributed by atoms with Gasteiger partial charge in [-0.15, -0.1) is 0 Å². The number of aliphatic hydroxyl groups excluding tert-OH is 2. The summed E-state index contributed by atoms with van der Waals surface area (Å²) in [5.41, 5.74) is 0. The van der Waals surface area contributed by atoms with Crippen molar-refractivity contribution in [3.8, 4) is 0 Å². The van der Waals surface area contributed by atoms with Crippen molar-refractivity contribution in [2.24, 2.45) is 0 Å². The molecule has 0 fully saturated rings. The average Bonchev–Trinajstić information content (AvgIpc) is 0.903. The molecule has 0 bridgehead atoms. The topological polar surface area (TPSA) is 231 Å². The third-order valence-electron chi connectivity index (χ3n) is 16.8. The van der Waals surface area contributed by atoms with Gasteiger partial charge in [0.05, 0.1) is 26.4 Å². The van der Waals surface area contributed by atoms with E-state index in [0.29, 0.717) is 32.1 Å². The lowest BCUT2D eigenvalue weighted by Gasteiger charge is -2.21. The van der Waals surface area contributed by atoms with Crippen LogP contribution in [0.5, 0.6) is 0 Å². The number of carbonyl (C=O) groups excluding carboxylic acids is 3. The number of allylic oxidation sites excluding steroid dienone is 32. The molecule has 5 unspecified atom stereocenters. The van der Waals surface area contributed by atoms with Crippen molar-refractivity contribution in [1.82, 2.24) is 0 Å². The Labute approximate surface area is 661 Å². The van der Waals surface area contributed by atoms with Crippen LogP contribution < -0.4 is 0 Å². The third-order valence-corrected chi connectivity index (χ3v) is 18.7. The fraction of sp³-hybridized carbons (Fsp3) is 0.615. The van der Waals surface area contributed by atoms with E-state index in [2.05, 4.69) is 179 Å². The molecule has 0 aliphatic heterocycles. The van der Waals surface area contributed by atoms with Crippen LogP contribution >= 0.6 is 15.6 Å². The number of ether oxygens (including phenoxy) is 3. The lowest BCUT2D eigenvalue weighted by molar-refractivity contribution is -0.161. The van der Waals surface area contributed by atoms with Crippen LogP contribution in [0.2, 0.25) is 0 Å². The molecule has 16 nitrogen and oxygen atoms in total. The Bertz CT molecular complexity index is 2760. The molecule has 0 saturated carbocycles. The maximum atomic E-state index is 12.9. The second-order valence-electron chi connectivity index (χ2n) is 27.2. The molecule has 0 aromatic heterocycles. The van der Waals surface area contributed by atoms with Gasteiger partial charge >= 0.3 is 33.6 Å². The molecule has 18 heteroatoms. The van der Waals surface area contributed by atoms with Gasteiger partial charge in [-0.25, -0.2) is 9.13 Å². The van der Waals surface area contributed by atoms with Crippen molar-refractivity contribution in [1.29, 1.82) is 0 Å². The van der Waals surface area contributed by atoms with Crippen molar-refractivity contribution in [3.63, 3.8) is 0 Å². The SMILES string of the molecule is CC/C=C\C/C=C\C/C=C\C/C=C\C/C=C\C/C=C\CCC(=O)OCC(COP(=O)(O)OCC(O)COP(=O)(O)OCC(O)COC(=O)CCCCCCCCCCCCCCCCCCCCC/C=C\C/C=C\C/C=C\C/C=C\CCCCC)OC(=O)CC/C=C\C/C=C\C/C=C\C/C=C\C/C=C\C/C=C\CC. The standard InChI is InChI=1S/C91H148O16P2/c1-4-7-10-13-16-19-22-25-28-31-34-35-36-37-38-39-40-41-42-43-44-45-46-47-48-49-52-54-56-59-62-65-68-71-74-77-89(94)101-80-86(92)81-103-108(97,98)104-82-87(93)83-105-109(99,100)106-85-88(107-91(96)79-76-73-70-67-64-61-58-55-51-33-30-27-24-21-18-15-12-9-6-3)84-102-90(95)78-75-72-69-66-63-60-57-53-50-32-29-26-23-20-17-14-11-8-5-2/h8-9,11-12,16-21,25-30,34-35,37-38,50-51,53,55,60-61,63-64,69-70,72-73,86-88,92-93H,4-7,10,13-15,22-24,31-33,36,39-49,52,54,56-59,62,65-68,71,74-85H2,1-3H3,(H,97,98)(H,99,100)/b11-8-,12-9-,19-16-,20-17-,21-18-,28-25-,29-26-,30-27-,35-34-,38-37-,53-50-,55-51-,63-60-,64-61-,72-69-,73-70-. The molecule has 0 heterocycles. The van der Waals surface area contributed by atoms with Crippen molar-refractivity contribution in [2.75, 3.05) is 39.6 Å². The summed E-state index contributed by atoms with van der Waals surface area (Å²) in [6.07, 6.45) is 108. The molecular formula is C91H148O16P2. The van der Waals surface area contributed by atoms with E-state index >= 15 is 0 Å². The molecule has 0 aromatic carbocycles. The third kappa shape index (κ3) is 83.2. The molecule has 0 rings (SSSR count). The summed E-state index contributed by atoms with van der Waals surface area (Å²) in [4.78, 5) is 58.6. The van der Waals surface area contributed by atoms with Crippen LogP contribution in [0.25, 0.3) is 0 Å². The van der Waals surface area contributed by atoms with Crippen LogP contribution in [0, 0.1) is 0 Å². The normalized spacial score (nSPS) is 14.9. The number of phosphoric ester groups is 2. The molecule has 0 amide bonds. The molecule has 5 atom stereocenters. The van der Waals surface area contributed by atoms with Crippen LogP contribution in [0.1, 0.15) is 303 Å². The molecule has 109 heavy (non-hydrogen) atoms. The van der Waals surface area contributed by atoms with Gasteiger partial charge in [0.1, 0.15) is 25.4 Å². The number of hydrogen-bond donors (Lipinski definition) is 4. The minimum atomic E-state index is -4.98. The van der Waals surface area contributed by atoms with Crippen LogP contribution in [-0.4, -0.2) is 95.9 Å². The van der Waals surface area contributed by atoms with Crippen molar-refractivity contribution < 1.29 is 75.8 Å². The first-order valence-electron chi connectivity index (χ1n) is 41.7. The Kier molecular flexibility index (Phi) is 77.7. The van der Waals surface area contributed by atoms with Crippen LogP contribution in [-0.2, 0) is 55.8 Å². The summed E-state index contributed by atoms with van der Waals surface area (Å²) >= 11 is 0. The first kappa shape index (κ1) is 103. The van der Waals surface area contributed by atoms with E-state index in [0.717, 1.165) is 103 Å². The van der Waals surface area contributed by atoms with Crippen molar-refractivity contribution in [2.45, 2.75) is 322 Å². The quantitative estimate of drug-likeness (QED) is 0.0146. The molecule has 4 N–H and O–H groups in total. The Morgan fingerprint density at radius 2 is 0.505 bits per heavy atom. The second-order valence-corrected chi connectivity index (χ2v) is 30.1. The highest BCUT2D eigenvalue weighted by Crippen LogP contribution is 2.45. The summed E-state index contributed by atoms with van der Waals surface area (Å²) in [6.45, 7) is 2.23. The molecule has 0 spiro atoms. The Hall–Kier alpha value is -5.61. The number of hydrogen-bond acceptors (Lipinski definition) is 14.